The Labute approximate surface area is 109 Å². The van der Waals surface area contributed by atoms with Gasteiger partial charge in [0.25, 0.3) is 0 Å². The molecule has 1 aliphatic carbocycles. The summed E-state index contributed by atoms with van der Waals surface area (Å²) >= 11 is 0. The first-order valence-corrected chi connectivity index (χ1v) is 6.95. The Kier molecular flexibility index (Phi) is 4.59. The summed E-state index contributed by atoms with van der Waals surface area (Å²) in [6.45, 7) is 0.795. The van der Waals surface area contributed by atoms with Gasteiger partial charge in [0.2, 0.25) is 0 Å². The molecule has 0 aromatic heterocycles. The summed E-state index contributed by atoms with van der Waals surface area (Å²) in [6.07, 6.45) is 7.20. The minimum Gasteiger partial charge on any atom is -0.396 e. The van der Waals surface area contributed by atoms with Gasteiger partial charge in [-0.2, -0.15) is 0 Å². The molecule has 100 valence electrons. The highest BCUT2D eigenvalue weighted by Crippen LogP contribution is 2.37. The second kappa shape index (κ2) is 6.19. The van der Waals surface area contributed by atoms with Crippen LogP contribution in [0.3, 0.4) is 0 Å². The summed E-state index contributed by atoms with van der Waals surface area (Å²) in [7, 11) is 0. The van der Waals surface area contributed by atoms with Gasteiger partial charge in [0.1, 0.15) is 5.82 Å². The number of anilines is 1. The van der Waals surface area contributed by atoms with Crippen LogP contribution in [0, 0.1) is 11.7 Å². The lowest BCUT2D eigenvalue weighted by Gasteiger charge is -2.28. The van der Waals surface area contributed by atoms with E-state index in [9.17, 15) is 4.39 Å². The summed E-state index contributed by atoms with van der Waals surface area (Å²) < 4.78 is 13.4. The van der Waals surface area contributed by atoms with Crippen molar-refractivity contribution in [1.82, 2.24) is 0 Å². The van der Waals surface area contributed by atoms with Crippen molar-refractivity contribution in [3.8, 4) is 0 Å². The van der Waals surface area contributed by atoms with Crippen molar-refractivity contribution in [2.45, 2.75) is 44.4 Å². The second-order valence-electron chi connectivity index (χ2n) is 5.43. The van der Waals surface area contributed by atoms with Crippen LogP contribution >= 0.6 is 0 Å². The molecule has 0 radical (unpaired) electrons. The van der Waals surface area contributed by atoms with Gasteiger partial charge < -0.3 is 11.5 Å². The van der Waals surface area contributed by atoms with Crippen molar-refractivity contribution in [1.29, 1.82) is 0 Å². The fraction of sp³-hybridized carbons (Fsp3) is 0.600. The van der Waals surface area contributed by atoms with E-state index in [4.69, 9.17) is 11.5 Å². The van der Waals surface area contributed by atoms with Gasteiger partial charge in [-0.05, 0) is 74.6 Å². The number of nitrogens with two attached hydrogens (primary N) is 2. The van der Waals surface area contributed by atoms with E-state index in [0.717, 1.165) is 24.4 Å². The van der Waals surface area contributed by atoms with Gasteiger partial charge in [0.15, 0.2) is 0 Å². The zero-order chi connectivity index (χ0) is 13.0. The maximum absolute atomic E-state index is 13.4. The lowest BCUT2D eigenvalue weighted by Crippen LogP contribution is -2.14. The molecule has 0 atom stereocenters. The predicted octanol–water partition coefficient (Wildman–Crippen LogP) is 3.42. The van der Waals surface area contributed by atoms with Gasteiger partial charge in [-0.25, -0.2) is 4.39 Å². The molecule has 3 heteroatoms. The van der Waals surface area contributed by atoms with Gasteiger partial charge in [-0.3, -0.25) is 0 Å². The standard InChI is InChI=1S/C15H23FN2/c16-14-10-13(7-8-15(14)18)12-5-3-11(4-6-12)2-1-9-17/h7-8,10-12H,1-6,9,17-18H2. The molecule has 0 heterocycles. The third-order valence-corrected chi connectivity index (χ3v) is 4.16. The largest absolute Gasteiger partial charge is 0.396 e. The third-order valence-electron chi connectivity index (χ3n) is 4.16. The molecule has 0 spiro atoms. The Morgan fingerprint density at radius 1 is 1.17 bits per heavy atom. The van der Waals surface area contributed by atoms with Crippen LogP contribution in [-0.4, -0.2) is 6.54 Å². The number of halogens is 1. The van der Waals surface area contributed by atoms with E-state index in [1.807, 2.05) is 6.07 Å². The van der Waals surface area contributed by atoms with Gasteiger partial charge >= 0.3 is 0 Å². The van der Waals surface area contributed by atoms with E-state index < -0.39 is 0 Å². The van der Waals surface area contributed by atoms with Crippen LogP contribution < -0.4 is 11.5 Å². The highest BCUT2D eigenvalue weighted by Gasteiger charge is 2.22. The van der Waals surface area contributed by atoms with Crippen LogP contribution in [0.2, 0.25) is 0 Å². The Morgan fingerprint density at radius 3 is 2.50 bits per heavy atom. The summed E-state index contributed by atoms with van der Waals surface area (Å²) in [5.74, 6) is 1.05. The van der Waals surface area contributed by atoms with Gasteiger partial charge in [-0.1, -0.05) is 6.07 Å². The van der Waals surface area contributed by atoms with Crippen molar-refractivity contribution in [3.63, 3.8) is 0 Å². The van der Waals surface area contributed by atoms with Crippen LogP contribution in [0.4, 0.5) is 10.1 Å². The molecule has 0 bridgehead atoms. The molecule has 1 aromatic carbocycles. The topological polar surface area (TPSA) is 52.0 Å². The summed E-state index contributed by atoms with van der Waals surface area (Å²) in [6, 6.07) is 5.27. The van der Waals surface area contributed by atoms with Crippen LogP contribution in [0.15, 0.2) is 18.2 Å². The smallest absolute Gasteiger partial charge is 0.146 e. The Morgan fingerprint density at radius 2 is 1.89 bits per heavy atom. The van der Waals surface area contributed by atoms with Crippen LogP contribution in [0.1, 0.15) is 50.0 Å². The van der Waals surface area contributed by atoms with Gasteiger partial charge in [-0.15, -0.1) is 0 Å². The first kappa shape index (κ1) is 13.3. The molecule has 1 aliphatic rings. The SMILES string of the molecule is NCCCC1CCC(c2ccc(N)c(F)c2)CC1. The molecule has 2 rings (SSSR count). The molecule has 18 heavy (non-hydrogen) atoms. The summed E-state index contributed by atoms with van der Waals surface area (Å²) in [5, 5.41) is 0. The van der Waals surface area contributed by atoms with Crippen LogP contribution in [-0.2, 0) is 0 Å². The van der Waals surface area contributed by atoms with E-state index >= 15 is 0 Å². The number of hydrogen-bond acceptors (Lipinski definition) is 2. The first-order chi connectivity index (χ1) is 8.70. The van der Waals surface area contributed by atoms with E-state index in [2.05, 4.69) is 0 Å². The molecule has 4 N–H and O–H groups in total. The summed E-state index contributed by atoms with van der Waals surface area (Å²) in [4.78, 5) is 0. The quantitative estimate of drug-likeness (QED) is 0.804. The zero-order valence-electron chi connectivity index (χ0n) is 10.9. The fourth-order valence-electron chi connectivity index (χ4n) is 2.99. The monoisotopic (exact) mass is 250 g/mol. The van der Waals surface area contributed by atoms with Crippen molar-refractivity contribution in [2.24, 2.45) is 11.7 Å². The maximum Gasteiger partial charge on any atom is 0.146 e. The summed E-state index contributed by atoms with van der Waals surface area (Å²) in [5.41, 5.74) is 12.4. The molecule has 0 saturated heterocycles. The Bertz CT molecular complexity index is 384. The second-order valence-corrected chi connectivity index (χ2v) is 5.43. The lowest BCUT2D eigenvalue weighted by molar-refractivity contribution is 0.306. The van der Waals surface area contributed by atoms with Crippen molar-refractivity contribution < 1.29 is 4.39 Å². The molecule has 1 fully saturated rings. The number of nitrogen functional groups attached to an aromatic ring is 1. The van der Waals surface area contributed by atoms with E-state index in [0.29, 0.717) is 5.92 Å². The van der Waals surface area contributed by atoms with Crippen molar-refractivity contribution in [3.05, 3.63) is 29.6 Å². The molecular weight excluding hydrogens is 227 g/mol. The van der Waals surface area contributed by atoms with E-state index in [-0.39, 0.29) is 11.5 Å². The van der Waals surface area contributed by atoms with Gasteiger partial charge in [0.05, 0.1) is 5.69 Å². The number of benzene rings is 1. The van der Waals surface area contributed by atoms with Crippen molar-refractivity contribution in [2.75, 3.05) is 12.3 Å². The number of hydrogen-bond donors (Lipinski definition) is 2. The highest BCUT2D eigenvalue weighted by atomic mass is 19.1. The molecule has 1 aromatic rings. The Balaban J connectivity index is 1.90. The average molecular weight is 250 g/mol. The molecular formula is C15H23FN2. The third kappa shape index (κ3) is 3.22. The minimum absolute atomic E-state index is 0.246. The molecule has 1 saturated carbocycles. The minimum atomic E-state index is -0.280. The average Bonchev–Trinajstić information content (AvgIpc) is 2.40. The normalized spacial score (nSPS) is 24.1. The zero-order valence-corrected chi connectivity index (χ0v) is 10.9. The van der Waals surface area contributed by atoms with E-state index in [1.165, 1.54) is 32.1 Å². The molecule has 0 unspecified atom stereocenters. The predicted molar refractivity (Wildman–Crippen MR) is 73.8 cm³/mol. The van der Waals surface area contributed by atoms with Gasteiger partial charge in [0, 0.05) is 0 Å². The van der Waals surface area contributed by atoms with Crippen LogP contribution in [0.25, 0.3) is 0 Å². The lowest BCUT2D eigenvalue weighted by atomic mass is 9.77. The fourth-order valence-corrected chi connectivity index (χ4v) is 2.99. The maximum atomic E-state index is 13.4. The highest BCUT2D eigenvalue weighted by molar-refractivity contribution is 5.42. The van der Waals surface area contributed by atoms with E-state index in [1.54, 1.807) is 12.1 Å². The van der Waals surface area contributed by atoms with Crippen molar-refractivity contribution >= 4 is 5.69 Å². The first-order valence-electron chi connectivity index (χ1n) is 6.95. The molecule has 0 amide bonds. The van der Waals surface area contributed by atoms with Crippen LogP contribution in [0.5, 0.6) is 0 Å². The molecule has 0 aliphatic heterocycles. The molecule has 2 nitrogen and oxygen atoms in total. The Hall–Kier alpha value is -1.09. The number of rotatable bonds is 4.